The molecule has 0 unspecified atom stereocenters. The lowest BCUT2D eigenvalue weighted by atomic mass is 10.1. The molecule has 1 heterocycles. The predicted octanol–water partition coefficient (Wildman–Crippen LogP) is 1.89. The molecule has 0 amide bonds. The number of esters is 1. The van der Waals surface area contributed by atoms with Gasteiger partial charge in [-0.25, -0.2) is 4.79 Å². The molecule has 106 valence electrons. The fraction of sp³-hybridized carbons (Fsp3) is 0.286. The number of carbonyl (C=O) groups excluding carboxylic acids is 1. The van der Waals surface area contributed by atoms with Crippen LogP contribution in [-0.4, -0.2) is 37.1 Å². The van der Waals surface area contributed by atoms with Crippen LogP contribution in [0, 0.1) is 0 Å². The van der Waals surface area contributed by atoms with E-state index < -0.39 is 5.97 Å². The first kappa shape index (κ1) is 13.9. The van der Waals surface area contributed by atoms with Gasteiger partial charge in [0.15, 0.2) is 17.2 Å². The van der Waals surface area contributed by atoms with Crippen LogP contribution in [0.2, 0.25) is 0 Å². The average molecular weight is 276 g/mol. The van der Waals surface area contributed by atoms with Gasteiger partial charge in [0.25, 0.3) is 0 Å². The van der Waals surface area contributed by atoms with Gasteiger partial charge in [0.1, 0.15) is 0 Å². The molecule has 1 aromatic carbocycles. The van der Waals surface area contributed by atoms with E-state index in [2.05, 4.69) is 9.84 Å². The Bertz CT molecular complexity index is 634. The third kappa shape index (κ3) is 2.45. The zero-order valence-corrected chi connectivity index (χ0v) is 11.8. The van der Waals surface area contributed by atoms with Gasteiger partial charge in [0, 0.05) is 12.6 Å². The largest absolute Gasteiger partial charge is 0.493 e. The smallest absolute Gasteiger partial charge is 0.358 e. The number of benzene rings is 1. The van der Waals surface area contributed by atoms with Crippen molar-refractivity contribution in [2.75, 3.05) is 21.3 Å². The minimum Gasteiger partial charge on any atom is -0.493 e. The summed E-state index contributed by atoms with van der Waals surface area (Å²) in [5, 5.41) is 4.13. The average Bonchev–Trinajstić information content (AvgIpc) is 2.87. The molecule has 0 saturated carbocycles. The van der Waals surface area contributed by atoms with Crippen molar-refractivity contribution in [1.29, 1.82) is 0 Å². The second kappa shape index (κ2) is 5.64. The van der Waals surface area contributed by atoms with Crippen LogP contribution in [0.5, 0.6) is 11.5 Å². The van der Waals surface area contributed by atoms with Crippen LogP contribution < -0.4 is 9.47 Å². The molecular formula is C14H16N2O4. The van der Waals surface area contributed by atoms with Crippen LogP contribution in [0.4, 0.5) is 0 Å². The molecule has 6 nitrogen and oxygen atoms in total. The summed E-state index contributed by atoms with van der Waals surface area (Å²) in [6, 6.07) is 7.18. The van der Waals surface area contributed by atoms with Crippen molar-refractivity contribution in [1.82, 2.24) is 9.78 Å². The highest BCUT2D eigenvalue weighted by molar-refractivity contribution is 5.88. The van der Waals surface area contributed by atoms with Gasteiger partial charge in [-0.1, -0.05) is 0 Å². The van der Waals surface area contributed by atoms with Crippen LogP contribution in [0.1, 0.15) is 10.5 Å². The maximum atomic E-state index is 11.5. The Kier molecular flexibility index (Phi) is 3.93. The van der Waals surface area contributed by atoms with E-state index in [-0.39, 0.29) is 5.69 Å². The van der Waals surface area contributed by atoms with E-state index >= 15 is 0 Å². The molecule has 0 N–H and O–H groups in total. The standard InChI is InChI=1S/C14H16N2O4/c1-16-11(8-10(15-16)14(17)20-4)9-5-6-12(18-2)13(7-9)19-3/h5-8H,1-4H3. The number of carbonyl (C=O) groups is 1. The summed E-state index contributed by atoms with van der Waals surface area (Å²) in [5.74, 6) is 0.796. The fourth-order valence-electron chi connectivity index (χ4n) is 1.94. The first-order valence-corrected chi connectivity index (χ1v) is 5.95. The molecule has 0 atom stereocenters. The van der Waals surface area contributed by atoms with Crippen LogP contribution in [0.3, 0.4) is 0 Å². The minimum atomic E-state index is -0.465. The number of hydrogen-bond acceptors (Lipinski definition) is 5. The summed E-state index contributed by atoms with van der Waals surface area (Å²) in [6.07, 6.45) is 0. The summed E-state index contributed by atoms with van der Waals surface area (Å²) in [7, 11) is 6.24. The highest BCUT2D eigenvalue weighted by atomic mass is 16.5. The topological polar surface area (TPSA) is 62.6 Å². The van der Waals surface area contributed by atoms with E-state index in [1.54, 1.807) is 38.1 Å². The van der Waals surface area contributed by atoms with Gasteiger partial charge in [-0.15, -0.1) is 0 Å². The second-order valence-corrected chi connectivity index (χ2v) is 4.10. The first-order chi connectivity index (χ1) is 9.60. The zero-order chi connectivity index (χ0) is 14.7. The van der Waals surface area contributed by atoms with Crippen LogP contribution in [0.15, 0.2) is 24.3 Å². The number of methoxy groups -OCH3 is 3. The highest BCUT2D eigenvalue weighted by Crippen LogP contribution is 2.32. The molecule has 0 fully saturated rings. The SMILES string of the molecule is COC(=O)c1cc(-c2ccc(OC)c(OC)c2)n(C)n1. The summed E-state index contributed by atoms with van der Waals surface area (Å²) in [6.45, 7) is 0. The van der Waals surface area contributed by atoms with Crippen molar-refractivity contribution < 1.29 is 19.0 Å². The maximum absolute atomic E-state index is 11.5. The molecule has 0 aliphatic rings. The quantitative estimate of drug-likeness (QED) is 0.798. The van der Waals surface area contributed by atoms with Gasteiger partial charge in [-0.2, -0.15) is 5.10 Å². The third-order valence-corrected chi connectivity index (χ3v) is 2.95. The van der Waals surface area contributed by atoms with Crippen LogP contribution in [0.25, 0.3) is 11.3 Å². The lowest BCUT2D eigenvalue weighted by Crippen LogP contribution is -2.03. The van der Waals surface area contributed by atoms with Crippen molar-refractivity contribution in [3.63, 3.8) is 0 Å². The number of aryl methyl sites for hydroxylation is 1. The molecular weight excluding hydrogens is 260 g/mol. The van der Waals surface area contributed by atoms with Gasteiger partial charge >= 0.3 is 5.97 Å². The fourth-order valence-corrected chi connectivity index (χ4v) is 1.94. The number of aromatic nitrogens is 2. The van der Waals surface area contributed by atoms with E-state index in [4.69, 9.17) is 9.47 Å². The number of nitrogens with zero attached hydrogens (tertiary/aromatic N) is 2. The molecule has 0 aliphatic heterocycles. The molecule has 0 saturated heterocycles. The van der Waals surface area contributed by atoms with E-state index in [1.807, 2.05) is 12.1 Å². The van der Waals surface area contributed by atoms with Gasteiger partial charge in [0.05, 0.1) is 27.0 Å². The molecule has 0 aliphatic carbocycles. The van der Waals surface area contributed by atoms with E-state index in [9.17, 15) is 4.79 Å². The molecule has 0 radical (unpaired) electrons. The van der Waals surface area contributed by atoms with Gasteiger partial charge in [0.2, 0.25) is 0 Å². The Morgan fingerprint density at radius 1 is 1.10 bits per heavy atom. The van der Waals surface area contributed by atoms with Crippen molar-refractivity contribution in [3.05, 3.63) is 30.0 Å². The van der Waals surface area contributed by atoms with Crippen molar-refractivity contribution in [2.24, 2.45) is 7.05 Å². The van der Waals surface area contributed by atoms with Crippen molar-refractivity contribution in [2.45, 2.75) is 0 Å². The molecule has 20 heavy (non-hydrogen) atoms. The molecule has 6 heteroatoms. The number of rotatable bonds is 4. The number of ether oxygens (including phenoxy) is 3. The first-order valence-electron chi connectivity index (χ1n) is 5.95. The monoisotopic (exact) mass is 276 g/mol. The van der Waals surface area contributed by atoms with Gasteiger partial charge in [-0.05, 0) is 24.3 Å². The molecule has 2 aromatic rings. The Hall–Kier alpha value is -2.50. The summed E-state index contributed by atoms with van der Waals surface area (Å²) >= 11 is 0. The minimum absolute atomic E-state index is 0.264. The molecule has 2 rings (SSSR count). The Morgan fingerprint density at radius 2 is 1.80 bits per heavy atom. The Morgan fingerprint density at radius 3 is 2.40 bits per heavy atom. The van der Waals surface area contributed by atoms with Gasteiger partial charge < -0.3 is 14.2 Å². The normalized spacial score (nSPS) is 10.2. The Balaban J connectivity index is 2.46. The molecule has 0 spiro atoms. The van der Waals surface area contributed by atoms with Crippen molar-refractivity contribution in [3.8, 4) is 22.8 Å². The predicted molar refractivity (Wildman–Crippen MR) is 73.1 cm³/mol. The van der Waals surface area contributed by atoms with Crippen LogP contribution in [-0.2, 0) is 11.8 Å². The molecule has 1 aromatic heterocycles. The van der Waals surface area contributed by atoms with Gasteiger partial charge in [-0.3, -0.25) is 4.68 Å². The van der Waals surface area contributed by atoms with Crippen LogP contribution >= 0.6 is 0 Å². The lowest BCUT2D eigenvalue weighted by Gasteiger charge is -2.09. The van der Waals surface area contributed by atoms with E-state index in [0.29, 0.717) is 11.5 Å². The summed E-state index contributed by atoms with van der Waals surface area (Å²) in [5.41, 5.74) is 1.92. The lowest BCUT2D eigenvalue weighted by molar-refractivity contribution is 0.0593. The highest BCUT2D eigenvalue weighted by Gasteiger charge is 2.15. The summed E-state index contributed by atoms with van der Waals surface area (Å²) in [4.78, 5) is 11.5. The van der Waals surface area contributed by atoms with E-state index in [1.165, 1.54) is 7.11 Å². The Labute approximate surface area is 116 Å². The second-order valence-electron chi connectivity index (χ2n) is 4.10. The molecule has 0 bridgehead atoms. The van der Waals surface area contributed by atoms with E-state index in [0.717, 1.165) is 11.3 Å². The number of hydrogen-bond donors (Lipinski definition) is 0. The summed E-state index contributed by atoms with van der Waals surface area (Å²) < 4.78 is 16.7. The maximum Gasteiger partial charge on any atom is 0.358 e. The third-order valence-electron chi connectivity index (χ3n) is 2.95. The zero-order valence-electron chi connectivity index (χ0n) is 11.8. The van der Waals surface area contributed by atoms with Crippen molar-refractivity contribution >= 4 is 5.97 Å².